The van der Waals surface area contributed by atoms with Gasteiger partial charge in [0.05, 0.1) is 4.92 Å². The molecule has 1 aliphatic heterocycles. The summed E-state index contributed by atoms with van der Waals surface area (Å²) in [6.45, 7) is 1.67. The summed E-state index contributed by atoms with van der Waals surface area (Å²) in [7, 11) is 3.63. The van der Waals surface area contributed by atoms with E-state index >= 15 is 0 Å². The van der Waals surface area contributed by atoms with Crippen LogP contribution >= 0.6 is 0 Å². The summed E-state index contributed by atoms with van der Waals surface area (Å²) in [4.78, 5) is 20.3. The monoisotopic (exact) mass is 253 g/mol. The van der Waals surface area contributed by atoms with Crippen molar-refractivity contribution < 1.29 is 9.66 Å². The molecule has 0 amide bonds. The summed E-state index contributed by atoms with van der Waals surface area (Å²) in [5.41, 5.74) is -0.205. The number of hydrogen-bond donors (Lipinski definition) is 1. The van der Waals surface area contributed by atoms with Crippen LogP contribution in [0.15, 0.2) is 6.20 Å². The quantitative estimate of drug-likeness (QED) is 0.617. The zero-order valence-electron chi connectivity index (χ0n) is 10.3. The van der Waals surface area contributed by atoms with Gasteiger partial charge in [-0.05, 0) is 13.5 Å². The van der Waals surface area contributed by atoms with Gasteiger partial charge in [-0.2, -0.15) is 4.98 Å². The van der Waals surface area contributed by atoms with Crippen LogP contribution in [-0.2, 0) is 0 Å². The Hall–Kier alpha value is -1.96. The van der Waals surface area contributed by atoms with Gasteiger partial charge in [0, 0.05) is 20.1 Å². The molecule has 8 nitrogen and oxygen atoms in total. The van der Waals surface area contributed by atoms with Crippen molar-refractivity contribution in [2.24, 2.45) is 0 Å². The minimum absolute atomic E-state index is 0.0275. The molecule has 1 saturated heterocycles. The third-order valence-electron chi connectivity index (χ3n) is 2.78. The van der Waals surface area contributed by atoms with Gasteiger partial charge >= 0.3 is 5.69 Å². The van der Waals surface area contributed by atoms with E-state index in [-0.39, 0.29) is 17.7 Å². The van der Waals surface area contributed by atoms with Crippen LogP contribution in [0, 0.1) is 10.1 Å². The van der Waals surface area contributed by atoms with Gasteiger partial charge in [0.25, 0.3) is 5.88 Å². The molecule has 2 rings (SSSR count). The minimum atomic E-state index is -0.534. The Balaban J connectivity index is 2.21. The summed E-state index contributed by atoms with van der Waals surface area (Å²) < 4.78 is 5.61. The van der Waals surface area contributed by atoms with Crippen molar-refractivity contribution in [3.05, 3.63) is 16.3 Å². The average Bonchev–Trinajstić information content (AvgIpc) is 2.74. The summed E-state index contributed by atoms with van der Waals surface area (Å²) in [5, 5.41) is 13.6. The second-order valence-corrected chi connectivity index (χ2v) is 4.18. The van der Waals surface area contributed by atoms with E-state index < -0.39 is 4.92 Å². The molecule has 0 bridgehead atoms. The Labute approximate surface area is 104 Å². The number of likely N-dealkylation sites (N-methyl/N-ethyl adjacent to an activating group) is 1. The molecule has 0 radical (unpaired) electrons. The number of nitro groups is 1. The fourth-order valence-corrected chi connectivity index (χ4v) is 1.84. The predicted molar refractivity (Wildman–Crippen MR) is 64.8 cm³/mol. The van der Waals surface area contributed by atoms with Crippen LogP contribution in [0.25, 0.3) is 0 Å². The lowest BCUT2D eigenvalue weighted by Gasteiger charge is -2.13. The highest BCUT2D eigenvalue weighted by Gasteiger charge is 2.26. The maximum absolute atomic E-state index is 10.9. The van der Waals surface area contributed by atoms with E-state index in [0.717, 1.165) is 25.7 Å². The predicted octanol–water partition coefficient (Wildman–Crippen LogP) is 0.509. The summed E-state index contributed by atoms with van der Waals surface area (Å²) in [6.07, 6.45) is 1.94. The normalized spacial score (nSPS) is 19.8. The minimum Gasteiger partial charge on any atom is -0.468 e. The number of aromatic nitrogens is 2. The van der Waals surface area contributed by atoms with Crippen molar-refractivity contribution in [2.45, 2.75) is 12.5 Å². The molecule has 1 aliphatic rings. The molecule has 1 N–H and O–H groups in total. The van der Waals surface area contributed by atoms with Crippen LogP contribution in [0.3, 0.4) is 0 Å². The smallest absolute Gasteiger partial charge is 0.349 e. The standard InChI is InChI=1S/C10H15N5O3/c1-11-10-12-5-8(15(16)17)9(13-10)18-7-3-4-14(2)6-7/h5,7H,3-4,6H2,1-2H3,(H,11,12,13). The van der Waals surface area contributed by atoms with E-state index in [2.05, 4.69) is 20.2 Å². The molecule has 18 heavy (non-hydrogen) atoms. The van der Waals surface area contributed by atoms with Crippen LogP contribution in [0.1, 0.15) is 6.42 Å². The lowest BCUT2D eigenvalue weighted by molar-refractivity contribution is -0.386. The number of likely N-dealkylation sites (tertiary alicyclic amines) is 1. The molecule has 98 valence electrons. The van der Waals surface area contributed by atoms with Crippen molar-refractivity contribution in [3.63, 3.8) is 0 Å². The van der Waals surface area contributed by atoms with E-state index in [4.69, 9.17) is 4.74 Å². The summed E-state index contributed by atoms with van der Waals surface area (Å²) in [5.74, 6) is 0.335. The first-order valence-electron chi connectivity index (χ1n) is 5.64. The van der Waals surface area contributed by atoms with Gasteiger partial charge in [0.1, 0.15) is 12.3 Å². The van der Waals surface area contributed by atoms with Gasteiger partial charge in [-0.1, -0.05) is 0 Å². The van der Waals surface area contributed by atoms with Crippen molar-refractivity contribution in [3.8, 4) is 5.88 Å². The van der Waals surface area contributed by atoms with Crippen LogP contribution in [0.2, 0.25) is 0 Å². The summed E-state index contributed by atoms with van der Waals surface area (Å²) >= 11 is 0. The van der Waals surface area contributed by atoms with Gasteiger partial charge in [-0.25, -0.2) is 4.98 Å². The van der Waals surface area contributed by atoms with Gasteiger partial charge < -0.3 is 15.0 Å². The van der Waals surface area contributed by atoms with Gasteiger partial charge in [-0.15, -0.1) is 0 Å². The second kappa shape index (κ2) is 5.13. The zero-order valence-corrected chi connectivity index (χ0v) is 10.3. The molecule has 1 unspecified atom stereocenters. The number of anilines is 1. The molecular weight excluding hydrogens is 238 g/mol. The molecule has 8 heteroatoms. The zero-order chi connectivity index (χ0) is 13.1. The number of ether oxygens (including phenoxy) is 1. The first kappa shape index (κ1) is 12.5. The fraction of sp³-hybridized carbons (Fsp3) is 0.600. The van der Waals surface area contributed by atoms with Crippen LogP contribution < -0.4 is 10.1 Å². The lowest BCUT2D eigenvalue weighted by Crippen LogP contribution is -2.22. The summed E-state index contributed by atoms with van der Waals surface area (Å²) in [6, 6.07) is 0. The van der Waals surface area contributed by atoms with E-state index in [1.54, 1.807) is 7.05 Å². The first-order chi connectivity index (χ1) is 8.60. The maximum atomic E-state index is 10.9. The molecule has 1 fully saturated rings. The van der Waals surface area contributed by atoms with E-state index in [9.17, 15) is 10.1 Å². The van der Waals surface area contributed by atoms with Crippen LogP contribution in [-0.4, -0.2) is 53.1 Å². The Morgan fingerprint density at radius 2 is 2.44 bits per heavy atom. The van der Waals surface area contributed by atoms with Crippen molar-refractivity contribution in [2.75, 3.05) is 32.5 Å². The topological polar surface area (TPSA) is 93.4 Å². The highest BCUT2D eigenvalue weighted by atomic mass is 16.6. The van der Waals surface area contributed by atoms with E-state index in [1.807, 2.05) is 7.05 Å². The number of hydrogen-bond acceptors (Lipinski definition) is 7. The molecule has 2 heterocycles. The van der Waals surface area contributed by atoms with Crippen molar-refractivity contribution >= 4 is 11.6 Å². The number of rotatable bonds is 4. The van der Waals surface area contributed by atoms with Crippen molar-refractivity contribution in [1.82, 2.24) is 14.9 Å². The largest absolute Gasteiger partial charge is 0.468 e. The van der Waals surface area contributed by atoms with Crippen molar-refractivity contribution in [1.29, 1.82) is 0 Å². The molecule has 1 aromatic rings. The van der Waals surface area contributed by atoms with Gasteiger partial charge in [0.2, 0.25) is 5.95 Å². The third-order valence-corrected chi connectivity index (χ3v) is 2.78. The Morgan fingerprint density at radius 1 is 1.67 bits per heavy atom. The molecular formula is C10H15N5O3. The SMILES string of the molecule is CNc1ncc([N+](=O)[O-])c(OC2CCN(C)C2)n1. The molecule has 0 spiro atoms. The Morgan fingerprint density at radius 3 is 3.00 bits per heavy atom. The Bertz CT molecular complexity index is 453. The molecule has 1 atom stereocenters. The number of nitrogens with zero attached hydrogens (tertiary/aromatic N) is 4. The molecule has 0 saturated carbocycles. The third kappa shape index (κ3) is 2.65. The molecule has 0 aromatic carbocycles. The molecule has 0 aliphatic carbocycles. The van der Waals surface area contributed by atoms with E-state index in [1.165, 1.54) is 0 Å². The van der Waals surface area contributed by atoms with Gasteiger partial charge in [-0.3, -0.25) is 10.1 Å². The first-order valence-corrected chi connectivity index (χ1v) is 5.64. The number of nitrogens with one attached hydrogen (secondary N) is 1. The fourth-order valence-electron chi connectivity index (χ4n) is 1.84. The van der Waals surface area contributed by atoms with Crippen LogP contribution in [0.4, 0.5) is 11.6 Å². The lowest BCUT2D eigenvalue weighted by atomic mass is 10.3. The molecule has 1 aromatic heterocycles. The second-order valence-electron chi connectivity index (χ2n) is 4.18. The highest BCUT2D eigenvalue weighted by Crippen LogP contribution is 2.26. The maximum Gasteiger partial charge on any atom is 0.349 e. The van der Waals surface area contributed by atoms with Crippen LogP contribution in [0.5, 0.6) is 5.88 Å². The van der Waals surface area contributed by atoms with E-state index in [0.29, 0.717) is 5.95 Å². The Kier molecular flexibility index (Phi) is 3.56. The van der Waals surface area contributed by atoms with Gasteiger partial charge in [0.15, 0.2) is 0 Å². The average molecular weight is 253 g/mol. The highest BCUT2D eigenvalue weighted by molar-refractivity contribution is 5.43.